The molecule has 3 rings (SSSR count). The van der Waals surface area contributed by atoms with Gasteiger partial charge in [0.2, 0.25) is 11.8 Å². The van der Waals surface area contributed by atoms with Gasteiger partial charge in [-0.25, -0.2) is 0 Å². The molecule has 0 aromatic heterocycles. The Kier molecular flexibility index (Phi) is 4.90. The Bertz CT molecular complexity index is 609. The molecular formula is C19H26N2O2S. The molecule has 4 nitrogen and oxygen atoms in total. The average Bonchev–Trinajstić information content (AvgIpc) is 3.06. The van der Waals surface area contributed by atoms with Crippen LogP contribution in [0.2, 0.25) is 0 Å². The van der Waals surface area contributed by atoms with E-state index in [0.717, 1.165) is 12.8 Å². The van der Waals surface area contributed by atoms with Gasteiger partial charge in [-0.3, -0.25) is 9.59 Å². The number of carbonyl (C=O) groups excluding carboxylic acids is 2. The van der Waals surface area contributed by atoms with E-state index in [-0.39, 0.29) is 17.2 Å². The van der Waals surface area contributed by atoms with Crippen LogP contribution < -0.4 is 10.6 Å². The van der Waals surface area contributed by atoms with Crippen LogP contribution in [0.5, 0.6) is 0 Å². The van der Waals surface area contributed by atoms with Gasteiger partial charge in [0.25, 0.3) is 0 Å². The van der Waals surface area contributed by atoms with Crippen molar-refractivity contribution >= 4 is 23.6 Å². The first-order valence-electron chi connectivity index (χ1n) is 8.71. The minimum absolute atomic E-state index is 0.0437. The van der Waals surface area contributed by atoms with Crippen molar-refractivity contribution in [1.82, 2.24) is 10.6 Å². The first-order valence-corrected chi connectivity index (χ1v) is 9.70. The maximum absolute atomic E-state index is 12.5. The molecule has 0 radical (unpaired) electrons. The third-order valence-electron chi connectivity index (χ3n) is 5.33. The quantitative estimate of drug-likeness (QED) is 0.881. The monoisotopic (exact) mass is 346 g/mol. The fourth-order valence-electron chi connectivity index (χ4n) is 3.66. The SMILES string of the molecule is CC1(C)SC[C@@H](C(=O)NCC2(c3ccccc3)CCCC2)NC1=O. The van der Waals surface area contributed by atoms with Crippen LogP contribution in [-0.4, -0.2) is 34.9 Å². The highest BCUT2D eigenvalue weighted by atomic mass is 32.2. The summed E-state index contributed by atoms with van der Waals surface area (Å²) in [6.07, 6.45) is 4.62. The molecule has 2 aliphatic rings. The number of benzene rings is 1. The van der Waals surface area contributed by atoms with Gasteiger partial charge in [-0.1, -0.05) is 43.2 Å². The molecule has 130 valence electrons. The Balaban J connectivity index is 1.64. The smallest absolute Gasteiger partial charge is 0.243 e. The van der Waals surface area contributed by atoms with Crippen LogP contribution in [0.3, 0.4) is 0 Å². The van der Waals surface area contributed by atoms with Crippen molar-refractivity contribution in [1.29, 1.82) is 0 Å². The molecule has 5 heteroatoms. The Hall–Kier alpha value is -1.49. The summed E-state index contributed by atoms with van der Waals surface area (Å²) in [6, 6.07) is 10.1. The number of hydrogen-bond donors (Lipinski definition) is 2. The molecule has 2 N–H and O–H groups in total. The molecular weight excluding hydrogens is 320 g/mol. The third kappa shape index (κ3) is 3.46. The fourth-order valence-corrected chi connectivity index (χ4v) is 4.67. The predicted molar refractivity (Wildman–Crippen MR) is 98.1 cm³/mol. The molecule has 1 saturated carbocycles. The highest BCUT2D eigenvalue weighted by Gasteiger charge is 2.40. The number of carbonyl (C=O) groups is 2. The third-order valence-corrected chi connectivity index (χ3v) is 6.73. The van der Waals surface area contributed by atoms with Gasteiger partial charge in [-0.05, 0) is 32.3 Å². The normalized spacial score (nSPS) is 25.1. The van der Waals surface area contributed by atoms with E-state index in [2.05, 4.69) is 34.9 Å². The van der Waals surface area contributed by atoms with Crippen LogP contribution in [0, 0.1) is 0 Å². The maximum Gasteiger partial charge on any atom is 0.243 e. The lowest BCUT2D eigenvalue weighted by molar-refractivity contribution is -0.129. The molecule has 1 aliphatic carbocycles. The molecule has 1 aromatic carbocycles. The zero-order valence-corrected chi connectivity index (χ0v) is 15.2. The van der Waals surface area contributed by atoms with Gasteiger partial charge >= 0.3 is 0 Å². The molecule has 2 fully saturated rings. The van der Waals surface area contributed by atoms with E-state index >= 15 is 0 Å². The Morgan fingerprint density at radius 2 is 1.92 bits per heavy atom. The van der Waals surface area contributed by atoms with Gasteiger partial charge in [0, 0.05) is 17.7 Å². The largest absolute Gasteiger partial charge is 0.353 e. The fraction of sp³-hybridized carbons (Fsp3) is 0.579. The number of hydrogen-bond acceptors (Lipinski definition) is 3. The van der Waals surface area contributed by atoms with Gasteiger partial charge in [0.1, 0.15) is 6.04 Å². The van der Waals surface area contributed by atoms with E-state index in [1.165, 1.54) is 18.4 Å². The topological polar surface area (TPSA) is 58.2 Å². The van der Waals surface area contributed by atoms with Crippen LogP contribution in [-0.2, 0) is 15.0 Å². The second-order valence-corrected chi connectivity index (χ2v) is 9.06. The zero-order valence-electron chi connectivity index (χ0n) is 14.4. The van der Waals surface area contributed by atoms with E-state index in [0.29, 0.717) is 12.3 Å². The summed E-state index contributed by atoms with van der Waals surface area (Å²) in [4.78, 5) is 24.6. The molecule has 2 amide bonds. The molecule has 0 spiro atoms. The van der Waals surface area contributed by atoms with Crippen molar-refractivity contribution < 1.29 is 9.59 Å². The lowest BCUT2D eigenvalue weighted by Gasteiger charge is -2.34. The van der Waals surface area contributed by atoms with Crippen molar-refractivity contribution in [3.05, 3.63) is 35.9 Å². The molecule has 1 saturated heterocycles. The molecule has 24 heavy (non-hydrogen) atoms. The summed E-state index contributed by atoms with van der Waals surface area (Å²) in [5, 5.41) is 5.98. The van der Waals surface area contributed by atoms with Crippen LogP contribution in [0.4, 0.5) is 0 Å². The van der Waals surface area contributed by atoms with E-state index in [1.807, 2.05) is 19.9 Å². The minimum atomic E-state index is -0.451. The van der Waals surface area contributed by atoms with Gasteiger partial charge in [-0.15, -0.1) is 11.8 Å². The van der Waals surface area contributed by atoms with Crippen molar-refractivity contribution in [3.63, 3.8) is 0 Å². The van der Waals surface area contributed by atoms with Crippen LogP contribution in [0.25, 0.3) is 0 Å². The van der Waals surface area contributed by atoms with E-state index in [4.69, 9.17) is 0 Å². The second-order valence-electron chi connectivity index (χ2n) is 7.42. The number of amides is 2. The van der Waals surface area contributed by atoms with Crippen LogP contribution in [0.1, 0.15) is 45.1 Å². The maximum atomic E-state index is 12.5. The first kappa shape index (κ1) is 17.3. The van der Waals surface area contributed by atoms with Crippen LogP contribution >= 0.6 is 11.8 Å². The van der Waals surface area contributed by atoms with Gasteiger partial charge in [0.15, 0.2) is 0 Å². The number of thioether (sulfide) groups is 1. The summed E-state index contributed by atoms with van der Waals surface area (Å²) in [7, 11) is 0. The second kappa shape index (κ2) is 6.79. The highest BCUT2D eigenvalue weighted by molar-refractivity contribution is 8.01. The van der Waals surface area contributed by atoms with Gasteiger partial charge in [0.05, 0.1) is 4.75 Å². The lowest BCUT2D eigenvalue weighted by Crippen LogP contribution is -2.58. The predicted octanol–water partition coefficient (Wildman–Crippen LogP) is 2.62. The van der Waals surface area contributed by atoms with Crippen LogP contribution in [0.15, 0.2) is 30.3 Å². The molecule has 0 bridgehead atoms. The van der Waals surface area contributed by atoms with Crippen molar-refractivity contribution in [2.45, 2.75) is 55.7 Å². The van der Waals surface area contributed by atoms with E-state index < -0.39 is 10.8 Å². The Morgan fingerprint density at radius 3 is 2.54 bits per heavy atom. The summed E-state index contributed by atoms with van der Waals surface area (Å²) in [5.41, 5.74) is 1.35. The molecule has 1 aromatic rings. The molecule has 0 unspecified atom stereocenters. The standard InChI is InChI=1S/C19H26N2O2S/c1-18(2)17(23)21-15(12-24-18)16(22)20-13-19(10-6-7-11-19)14-8-4-3-5-9-14/h3-5,8-9,15H,6-7,10-13H2,1-2H3,(H,20,22)(H,21,23)/t15-/m0/s1. The van der Waals surface area contributed by atoms with Crippen molar-refractivity contribution in [2.24, 2.45) is 0 Å². The van der Waals surface area contributed by atoms with Crippen molar-refractivity contribution in [3.8, 4) is 0 Å². The summed E-state index contributed by atoms with van der Waals surface area (Å²) >= 11 is 1.55. The summed E-state index contributed by atoms with van der Waals surface area (Å²) in [5.74, 6) is 0.509. The summed E-state index contributed by atoms with van der Waals surface area (Å²) in [6.45, 7) is 4.43. The lowest BCUT2D eigenvalue weighted by atomic mass is 9.79. The first-order chi connectivity index (χ1) is 11.4. The van der Waals surface area contributed by atoms with Crippen molar-refractivity contribution in [2.75, 3.05) is 12.3 Å². The number of rotatable bonds is 4. The molecule has 1 aliphatic heterocycles. The molecule has 1 heterocycles. The average molecular weight is 346 g/mol. The van der Waals surface area contributed by atoms with E-state index in [9.17, 15) is 9.59 Å². The molecule has 1 atom stereocenters. The minimum Gasteiger partial charge on any atom is -0.353 e. The van der Waals surface area contributed by atoms with E-state index in [1.54, 1.807) is 11.8 Å². The summed E-state index contributed by atoms with van der Waals surface area (Å²) < 4.78 is -0.451. The number of nitrogens with one attached hydrogen (secondary N) is 2. The zero-order chi connectivity index (χ0) is 17.2. The Labute approximate surface area is 148 Å². The van der Waals surface area contributed by atoms with Gasteiger partial charge < -0.3 is 10.6 Å². The van der Waals surface area contributed by atoms with Gasteiger partial charge in [-0.2, -0.15) is 0 Å². The highest BCUT2D eigenvalue weighted by Crippen LogP contribution is 2.40. The Morgan fingerprint density at radius 1 is 1.25 bits per heavy atom.